The second-order valence-corrected chi connectivity index (χ2v) is 2.62. The summed E-state index contributed by atoms with van der Waals surface area (Å²) < 4.78 is 13.4. The molecule has 0 saturated carbocycles. The van der Waals surface area contributed by atoms with Crippen LogP contribution in [0.25, 0.3) is 0 Å². The fraction of sp³-hybridized carbons (Fsp3) is 0.818. The van der Waals surface area contributed by atoms with Crippen molar-refractivity contribution >= 4 is 11.9 Å². The molecule has 0 aromatic heterocycles. The first-order chi connectivity index (χ1) is 8.45. The van der Waals surface area contributed by atoms with Gasteiger partial charge in [-0.2, -0.15) is 0 Å². The molecule has 0 radical (unpaired) electrons. The Balaban J connectivity index is -0.000000212. The lowest BCUT2D eigenvalue weighted by atomic mass is 10.8. The molecule has 0 bridgehead atoms. The van der Waals surface area contributed by atoms with Crippen molar-refractivity contribution < 1.29 is 34.0 Å². The SMILES string of the molecule is CC(=O)OCOC(C)=O.CCOCC.OCCO. The van der Waals surface area contributed by atoms with E-state index in [9.17, 15) is 9.59 Å². The summed E-state index contributed by atoms with van der Waals surface area (Å²) in [6.07, 6.45) is 0. The average molecular weight is 268 g/mol. The van der Waals surface area contributed by atoms with Crippen LogP contribution < -0.4 is 0 Å². The van der Waals surface area contributed by atoms with Gasteiger partial charge in [0.1, 0.15) is 0 Å². The van der Waals surface area contributed by atoms with Crippen LogP contribution in [0.3, 0.4) is 0 Å². The molecule has 2 N–H and O–H groups in total. The average Bonchev–Trinajstić information content (AvgIpc) is 2.30. The molecule has 0 aliphatic heterocycles. The minimum absolute atomic E-state index is 0.125. The number of aliphatic hydroxyl groups excluding tert-OH is 2. The van der Waals surface area contributed by atoms with Crippen LogP contribution in [0.1, 0.15) is 27.7 Å². The summed E-state index contributed by atoms with van der Waals surface area (Å²) in [7, 11) is 0. The van der Waals surface area contributed by atoms with Gasteiger partial charge in [-0.05, 0) is 13.8 Å². The van der Waals surface area contributed by atoms with Crippen LogP contribution in [-0.2, 0) is 23.8 Å². The largest absolute Gasteiger partial charge is 0.428 e. The molecule has 0 unspecified atom stereocenters. The molecule has 0 rings (SSSR count). The van der Waals surface area contributed by atoms with Crippen LogP contribution in [0.15, 0.2) is 0 Å². The zero-order valence-electron chi connectivity index (χ0n) is 11.5. The number of carbonyl (C=O) groups is 2. The standard InChI is InChI=1S/C5H8O4.C4H10O.C2H6O2/c1-4(6)8-3-9-5(2)7;1-3-5-4-2;3-1-2-4/h3H2,1-2H3;3-4H2,1-2H3;3-4H,1-2H2. The lowest BCUT2D eigenvalue weighted by Crippen LogP contribution is -2.07. The van der Waals surface area contributed by atoms with Gasteiger partial charge in [-0.1, -0.05) is 0 Å². The summed E-state index contributed by atoms with van der Waals surface area (Å²) in [5.74, 6) is -0.924. The van der Waals surface area contributed by atoms with Gasteiger partial charge in [0.2, 0.25) is 6.79 Å². The highest BCUT2D eigenvalue weighted by molar-refractivity contribution is 5.67. The first-order valence-corrected chi connectivity index (χ1v) is 5.52. The Bertz CT molecular complexity index is 164. The molecule has 0 amide bonds. The van der Waals surface area contributed by atoms with Gasteiger partial charge in [0, 0.05) is 27.1 Å². The van der Waals surface area contributed by atoms with Gasteiger partial charge in [0.25, 0.3) is 0 Å². The van der Waals surface area contributed by atoms with E-state index in [1.807, 2.05) is 13.8 Å². The molecule has 0 heterocycles. The maximum absolute atomic E-state index is 10.0. The monoisotopic (exact) mass is 268 g/mol. The number of carbonyl (C=O) groups excluding carboxylic acids is 2. The first-order valence-electron chi connectivity index (χ1n) is 5.52. The summed E-state index contributed by atoms with van der Waals surface area (Å²) in [5, 5.41) is 15.2. The smallest absolute Gasteiger partial charge is 0.305 e. The molecule has 0 atom stereocenters. The molecule has 0 spiro atoms. The van der Waals surface area contributed by atoms with Crippen molar-refractivity contribution in [3.63, 3.8) is 0 Å². The molecule has 7 heteroatoms. The molecule has 7 nitrogen and oxygen atoms in total. The second-order valence-electron chi connectivity index (χ2n) is 2.62. The summed E-state index contributed by atoms with van der Waals surface area (Å²) >= 11 is 0. The topological polar surface area (TPSA) is 102 Å². The minimum Gasteiger partial charge on any atom is -0.428 e. The van der Waals surface area contributed by atoms with Crippen molar-refractivity contribution in [1.82, 2.24) is 0 Å². The highest BCUT2D eigenvalue weighted by Crippen LogP contribution is 1.79. The molecule has 0 aliphatic carbocycles. The minimum atomic E-state index is -0.462. The summed E-state index contributed by atoms with van der Waals surface area (Å²) in [5.41, 5.74) is 0. The molecule has 110 valence electrons. The third-order valence-electron chi connectivity index (χ3n) is 1.03. The fourth-order valence-corrected chi connectivity index (χ4v) is 0.400. The van der Waals surface area contributed by atoms with Gasteiger partial charge >= 0.3 is 11.9 Å². The molecule has 18 heavy (non-hydrogen) atoms. The van der Waals surface area contributed by atoms with Crippen molar-refractivity contribution in [2.45, 2.75) is 27.7 Å². The maximum atomic E-state index is 10.0. The normalized spacial score (nSPS) is 8.11. The quantitative estimate of drug-likeness (QED) is 0.538. The van der Waals surface area contributed by atoms with E-state index in [4.69, 9.17) is 14.9 Å². The van der Waals surface area contributed by atoms with Gasteiger partial charge in [-0.15, -0.1) is 0 Å². The summed E-state index contributed by atoms with van der Waals surface area (Å²) in [4.78, 5) is 20.0. The van der Waals surface area contributed by atoms with Crippen molar-refractivity contribution in [3.8, 4) is 0 Å². The zero-order chi connectivity index (χ0) is 14.8. The fourth-order valence-electron chi connectivity index (χ4n) is 0.400. The first kappa shape index (κ1) is 22.0. The second kappa shape index (κ2) is 21.1. The van der Waals surface area contributed by atoms with E-state index in [-0.39, 0.29) is 20.0 Å². The Morgan fingerprint density at radius 2 is 1.22 bits per heavy atom. The Labute approximate surface area is 108 Å². The van der Waals surface area contributed by atoms with Crippen molar-refractivity contribution in [3.05, 3.63) is 0 Å². The number of aliphatic hydroxyl groups is 2. The van der Waals surface area contributed by atoms with Crippen LogP contribution in [0.2, 0.25) is 0 Å². The Kier molecular flexibility index (Phi) is 25.9. The molecule has 0 fully saturated rings. The molecule has 0 saturated heterocycles. The van der Waals surface area contributed by atoms with E-state index in [2.05, 4.69) is 9.47 Å². The van der Waals surface area contributed by atoms with E-state index in [0.29, 0.717) is 0 Å². The molecule has 0 aromatic rings. The van der Waals surface area contributed by atoms with Gasteiger partial charge in [0.15, 0.2) is 0 Å². The molecule has 0 aromatic carbocycles. The van der Waals surface area contributed by atoms with Gasteiger partial charge in [-0.3, -0.25) is 9.59 Å². The number of hydrogen-bond acceptors (Lipinski definition) is 7. The summed E-state index contributed by atoms with van der Waals surface area (Å²) in [6.45, 7) is 7.61. The maximum Gasteiger partial charge on any atom is 0.305 e. The Hall–Kier alpha value is -1.18. The molecular formula is C11H24O7. The van der Waals surface area contributed by atoms with Gasteiger partial charge in [0.05, 0.1) is 13.2 Å². The van der Waals surface area contributed by atoms with Crippen LogP contribution >= 0.6 is 0 Å². The predicted octanol–water partition coefficient (Wildman–Crippen LogP) is 0.0839. The summed E-state index contributed by atoms with van der Waals surface area (Å²) in [6, 6.07) is 0. The highest BCUT2D eigenvalue weighted by Gasteiger charge is 1.93. The van der Waals surface area contributed by atoms with E-state index < -0.39 is 11.9 Å². The molecule has 0 aliphatic rings. The van der Waals surface area contributed by atoms with Crippen molar-refractivity contribution in [2.24, 2.45) is 0 Å². The Morgan fingerprint density at radius 1 is 0.889 bits per heavy atom. The Morgan fingerprint density at radius 3 is 1.33 bits per heavy atom. The zero-order valence-corrected chi connectivity index (χ0v) is 11.5. The third-order valence-corrected chi connectivity index (χ3v) is 1.03. The van der Waals surface area contributed by atoms with Crippen LogP contribution in [0.4, 0.5) is 0 Å². The number of esters is 2. The van der Waals surface area contributed by atoms with Crippen LogP contribution in [0.5, 0.6) is 0 Å². The van der Waals surface area contributed by atoms with Crippen LogP contribution in [-0.4, -0.2) is 55.4 Å². The van der Waals surface area contributed by atoms with Crippen LogP contribution in [0, 0.1) is 0 Å². The lowest BCUT2D eigenvalue weighted by Gasteiger charge is -1.99. The van der Waals surface area contributed by atoms with E-state index in [0.717, 1.165) is 13.2 Å². The number of hydrogen-bond donors (Lipinski definition) is 2. The van der Waals surface area contributed by atoms with Crippen molar-refractivity contribution in [2.75, 3.05) is 33.2 Å². The van der Waals surface area contributed by atoms with E-state index in [1.165, 1.54) is 13.8 Å². The van der Waals surface area contributed by atoms with Crippen molar-refractivity contribution in [1.29, 1.82) is 0 Å². The van der Waals surface area contributed by atoms with Gasteiger partial charge in [-0.25, -0.2) is 0 Å². The molecular weight excluding hydrogens is 244 g/mol. The van der Waals surface area contributed by atoms with E-state index in [1.54, 1.807) is 0 Å². The lowest BCUT2D eigenvalue weighted by molar-refractivity contribution is -0.163. The number of rotatable bonds is 5. The predicted molar refractivity (Wildman–Crippen MR) is 64.7 cm³/mol. The third kappa shape index (κ3) is 46.3. The highest BCUT2D eigenvalue weighted by atomic mass is 16.7. The van der Waals surface area contributed by atoms with E-state index >= 15 is 0 Å². The van der Waals surface area contributed by atoms with Gasteiger partial charge < -0.3 is 24.4 Å². The number of ether oxygens (including phenoxy) is 3.